The third kappa shape index (κ3) is 3.07. The Labute approximate surface area is 124 Å². The Kier molecular flexibility index (Phi) is 3.98. The van der Waals surface area contributed by atoms with Crippen molar-refractivity contribution in [2.75, 3.05) is 13.3 Å². The van der Waals surface area contributed by atoms with Crippen molar-refractivity contribution in [3.8, 4) is 0 Å². The average molecular weight is 298 g/mol. The van der Waals surface area contributed by atoms with E-state index in [-0.39, 0.29) is 12.8 Å². The Morgan fingerprint density at radius 3 is 2.50 bits per heavy atom. The van der Waals surface area contributed by atoms with Gasteiger partial charge in [-0.15, -0.1) is 0 Å². The average Bonchev–Trinajstić information content (AvgIpc) is 2.71. The molecular weight excluding hydrogens is 278 g/mol. The van der Waals surface area contributed by atoms with Crippen LogP contribution in [-0.4, -0.2) is 29.9 Å². The smallest absolute Gasteiger partial charge is 0.412 e. The summed E-state index contributed by atoms with van der Waals surface area (Å²) in [4.78, 5) is 13.9. The van der Waals surface area contributed by atoms with Crippen molar-refractivity contribution in [3.05, 3.63) is 34.9 Å². The molecule has 1 aliphatic heterocycles. The number of benzene rings is 1. The van der Waals surface area contributed by atoms with E-state index >= 15 is 0 Å². The Hall–Kier alpha value is -1.26. The number of hydrogen-bond acceptors (Lipinski definition) is 3. The third-order valence-corrected chi connectivity index (χ3v) is 3.53. The summed E-state index contributed by atoms with van der Waals surface area (Å²) in [5, 5.41) is 0.667. The molecule has 1 fully saturated rings. The van der Waals surface area contributed by atoms with Crippen LogP contribution in [0.1, 0.15) is 33.3 Å². The van der Waals surface area contributed by atoms with Crippen LogP contribution in [0.4, 0.5) is 4.79 Å². The first kappa shape index (κ1) is 15.1. The molecule has 0 bridgehead atoms. The molecule has 1 saturated heterocycles. The van der Waals surface area contributed by atoms with Gasteiger partial charge in [-0.05, 0) is 45.4 Å². The van der Waals surface area contributed by atoms with E-state index in [0.29, 0.717) is 11.6 Å². The molecule has 1 aromatic carbocycles. The van der Waals surface area contributed by atoms with Gasteiger partial charge in [-0.3, -0.25) is 4.90 Å². The van der Waals surface area contributed by atoms with E-state index in [2.05, 4.69) is 0 Å². The van der Waals surface area contributed by atoms with Crippen molar-refractivity contribution < 1.29 is 14.3 Å². The topological polar surface area (TPSA) is 38.8 Å². The fourth-order valence-corrected chi connectivity index (χ4v) is 2.30. The fraction of sp³-hybridized carbons (Fsp3) is 0.533. The van der Waals surface area contributed by atoms with Crippen LogP contribution in [0.25, 0.3) is 0 Å². The normalized spacial score (nSPS) is 22.9. The SMILES string of the molecule is CC(C)(C)OC(=O)N1COC[C@@]1(C)c1ccc(Cl)cc1. The number of halogens is 1. The summed E-state index contributed by atoms with van der Waals surface area (Å²) in [6.07, 6.45) is -0.368. The van der Waals surface area contributed by atoms with Crippen LogP contribution >= 0.6 is 11.6 Å². The van der Waals surface area contributed by atoms with E-state index in [4.69, 9.17) is 21.1 Å². The quantitative estimate of drug-likeness (QED) is 0.792. The highest BCUT2D eigenvalue weighted by molar-refractivity contribution is 6.30. The fourth-order valence-electron chi connectivity index (χ4n) is 2.18. The van der Waals surface area contributed by atoms with Crippen LogP contribution in [0.3, 0.4) is 0 Å². The molecule has 5 heteroatoms. The number of amides is 1. The summed E-state index contributed by atoms with van der Waals surface area (Å²) in [5.74, 6) is 0. The van der Waals surface area contributed by atoms with E-state index in [1.165, 1.54) is 0 Å². The summed E-state index contributed by atoms with van der Waals surface area (Å²) >= 11 is 5.91. The molecule has 1 amide bonds. The number of carbonyl (C=O) groups is 1. The largest absolute Gasteiger partial charge is 0.444 e. The van der Waals surface area contributed by atoms with Crippen molar-refractivity contribution in [3.63, 3.8) is 0 Å². The van der Waals surface area contributed by atoms with Crippen LogP contribution in [0.2, 0.25) is 5.02 Å². The predicted molar refractivity (Wildman–Crippen MR) is 77.7 cm³/mol. The van der Waals surface area contributed by atoms with Crippen LogP contribution in [-0.2, 0) is 15.0 Å². The minimum Gasteiger partial charge on any atom is -0.444 e. The molecule has 1 atom stereocenters. The molecule has 110 valence electrons. The van der Waals surface area contributed by atoms with Gasteiger partial charge in [0, 0.05) is 5.02 Å². The maximum Gasteiger partial charge on any atom is 0.412 e. The lowest BCUT2D eigenvalue weighted by Gasteiger charge is -2.34. The van der Waals surface area contributed by atoms with E-state index < -0.39 is 11.1 Å². The minimum absolute atomic E-state index is 0.230. The maximum absolute atomic E-state index is 12.3. The monoisotopic (exact) mass is 297 g/mol. The van der Waals surface area contributed by atoms with Gasteiger partial charge in [0.2, 0.25) is 0 Å². The lowest BCUT2D eigenvalue weighted by Crippen LogP contribution is -2.46. The molecule has 0 radical (unpaired) electrons. The minimum atomic E-state index is -0.535. The van der Waals surface area contributed by atoms with Gasteiger partial charge in [0.05, 0.1) is 12.1 Å². The highest BCUT2D eigenvalue weighted by Crippen LogP contribution is 2.34. The summed E-state index contributed by atoms with van der Waals surface area (Å²) in [7, 11) is 0. The molecule has 0 spiro atoms. The Balaban J connectivity index is 2.25. The molecule has 20 heavy (non-hydrogen) atoms. The van der Waals surface area contributed by atoms with Gasteiger partial charge in [0.1, 0.15) is 12.3 Å². The van der Waals surface area contributed by atoms with E-state index in [1.54, 1.807) is 4.90 Å². The van der Waals surface area contributed by atoms with Gasteiger partial charge in [-0.25, -0.2) is 4.79 Å². The van der Waals surface area contributed by atoms with Gasteiger partial charge in [-0.2, -0.15) is 0 Å². The molecule has 2 rings (SSSR count). The van der Waals surface area contributed by atoms with Gasteiger partial charge < -0.3 is 9.47 Å². The molecule has 4 nitrogen and oxygen atoms in total. The first-order valence-electron chi connectivity index (χ1n) is 6.57. The zero-order chi connectivity index (χ0) is 15.0. The second-order valence-corrected chi connectivity index (χ2v) is 6.60. The second-order valence-electron chi connectivity index (χ2n) is 6.17. The number of nitrogens with zero attached hydrogens (tertiary/aromatic N) is 1. The molecule has 0 unspecified atom stereocenters. The molecule has 0 saturated carbocycles. The third-order valence-electron chi connectivity index (χ3n) is 3.28. The van der Waals surface area contributed by atoms with Crippen molar-refractivity contribution in [2.24, 2.45) is 0 Å². The molecule has 1 aliphatic rings. The highest BCUT2D eigenvalue weighted by Gasteiger charge is 2.44. The zero-order valence-corrected chi connectivity index (χ0v) is 13.0. The molecule has 0 aliphatic carbocycles. The van der Waals surface area contributed by atoms with Crippen molar-refractivity contribution in [2.45, 2.75) is 38.8 Å². The van der Waals surface area contributed by atoms with Crippen molar-refractivity contribution >= 4 is 17.7 Å². The number of rotatable bonds is 1. The highest BCUT2D eigenvalue weighted by atomic mass is 35.5. The number of hydrogen-bond donors (Lipinski definition) is 0. The summed E-state index contributed by atoms with van der Waals surface area (Å²) in [6.45, 7) is 8.18. The maximum atomic E-state index is 12.3. The number of carbonyl (C=O) groups excluding carboxylic acids is 1. The van der Waals surface area contributed by atoms with Gasteiger partial charge in [-0.1, -0.05) is 23.7 Å². The summed E-state index contributed by atoms with van der Waals surface area (Å²) < 4.78 is 10.9. The summed E-state index contributed by atoms with van der Waals surface area (Å²) in [6, 6.07) is 7.45. The van der Waals surface area contributed by atoms with Gasteiger partial charge in [0.15, 0.2) is 0 Å². The van der Waals surface area contributed by atoms with Gasteiger partial charge in [0.25, 0.3) is 0 Å². The lowest BCUT2D eigenvalue weighted by molar-refractivity contribution is 0.00667. The van der Waals surface area contributed by atoms with E-state index in [9.17, 15) is 4.79 Å². The summed E-state index contributed by atoms with van der Waals surface area (Å²) in [5.41, 5.74) is -0.0849. The zero-order valence-electron chi connectivity index (χ0n) is 12.3. The van der Waals surface area contributed by atoms with Crippen LogP contribution in [0.15, 0.2) is 24.3 Å². The first-order valence-corrected chi connectivity index (χ1v) is 6.95. The standard InChI is InChI=1S/C15H20ClNO3/c1-14(2,3)20-13(18)17-10-19-9-15(17,4)11-5-7-12(16)8-6-11/h5-8H,9-10H2,1-4H3/t15-/m0/s1. The van der Waals surface area contributed by atoms with Crippen molar-refractivity contribution in [1.82, 2.24) is 4.90 Å². The van der Waals surface area contributed by atoms with Crippen LogP contribution in [0, 0.1) is 0 Å². The van der Waals surface area contributed by atoms with Crippen LogP contribution in [0.5, 0.6) is 0 Å². The Morgan fingerprint density at radius 1 is 1.35 bits per heavy atom. The molecule has 0 aromatic heterocycles. The van der Waals surface area contributed by atoms with E-state index in [1.807, 2.05) is 52.0 Å². The molecule has 1 aromatic rings. The predicted octanol–water partition coefficient (Wildman–Crippen LogP) is 3.78. The molecular formula is C15H20ClNO3. The Bertz CT molecular complexity index is 495. The first-order chi connectivity index (χ1) is 9.22. The lowest BCUT2D eigenvalue weighted by atomic mass is 9.92. The van der Waals surface area contributed by atoms with Crippen LogP contribution < -0.4 is 0 Å². The van der Waals surface area contributed by atoms with E-state index in [0.717, 1.165) is 5.56 Å². The molecule has 1 heterocycles. The Morgan fingerprint density at radius 2 is 1.95 bits per heavy atom. The second kappa shape index (κ2) is 5.26. The molecule has 0 N–H and O–H groups in total. The van der Waals surface area contributed by atoms with Gasteiger partial charge >= 0.3 is 6.09 Å². The number of ether oxygens (including phenoxy) is 2. The van der Waals surface area contributed by atoms with Crippen molar-refractivity contribution in [1.29, 1.82) is 0 Å².